The van der Waals surface area contributed by atoms with Gasteiger partial charge in [-0.05, 0) is 113 Å². The molecule has 8 aromatic rings. The van der Waals surface area contributed by atoms with E-state index in [-0.39, 0.29) is 36.6 Å². The molecule has 3 heterocycles. The van der Waals surface area contributed by atoms with Gasteiger partial charge in [0.05, 0.1) is 12.5 Å². The standard InChI is InChI=1S/C50H38BN3/c1-33-23-25-38(26-24-33)54-45-22-10-9-21-43(45)51-44-28-27-41-32-46(44)53(47-29-34-13-7-8-20-42(34)49(54)48(47)51)40-19-12-15-36(31-40)50(2,3)35-14-11-18-39(30-35)52(41)37-16-5-4-6-17-37/h4-32H,1-3H3/i4D,5D,6D,16D,17D. The number of hydrogen-bond donors (Lipinski definition) is 0. The topological polar surface area (TPSA) is 9.72 Å². The Hall–Kier alpha value is -6.52. The van der Waals surface area contributed by atoms with E-state index in [0.29, 0.717) is 11.4 Å². The Balaban J connectivity index is 1.29. The van der Waals surface area contributed by atoms with Gasteiger partial charge in [-0.2, -0.15) is 0 Å². The number of rotatable bonds is 2. The summed E-state index contributed by atoms with van der Waals surface area (Å²) in [7, 11) is 0. The third-order valence-electron chi connectivity index (χ3n) is 11.8. The van der Waals surface area contributed by atoms with E-state index in [4.69, 9.17) is 4.11 Å². The molecule has 0 saturated carbocycles. The maximum absolute atomic E-state index is 9.21. The lowest BCUT2D eigenvalue weighted by Gasteiger charge is -2.45. The van der Waals surface area contributed by atoms with Crippen LogP contribution in [0.15, 0.2) is 176 Å². The molecule has 8 aromatic carbocycles. The summed E-state index contributed by atoms with van der Waals surface area (Å²) in [5, 5.41) is 2.29. The number of para-hydroxylation sites is 2. The smallest absolute Gasteiger partial charge is 0.252 e. The summed E-state index contributed by atoms with van der Waals surface area (Å²) in [6.45, 7) is 6.43. The Labute approximate surface area is 324 Å². The Bertz CT molecular complexity index is 3060. The van der Waals surface area contributed by atoms with Crippen molar-refractivity contribution in [1.82, 2.24) is 0 Å². The lowest BCUT2D eigenvalue weighted by atomic mass is 9.33. The molecule has 3 aliphatic rings. The van der Waals surface area contributed by atoms with Crippen molar-refractivity contribution in [2.45, 2.75) is 26.2 Å². The van der Waals surface area contributed by atoms with Gasteiger partial charge in [0.2, 0.25) is 0 Å². The zero-order valence-corrected chi connectivity index (χ0v) is 30.3. The van der Waals surface area contributed by atoms with Crippen molar-refractivity contribution in [2.24, 2.45) is 0 Å². The lowest BCUT2D eigenvalue weighted by Crippen LogP contribution is -2.61. The van der Waals surface area contributed by atoms with Gasteiger partial charge in [-0.25, -0.2) is 0 Å². The molecular formula is C50H38BN3. The Morgan fingerprint density at radius 3 is 1.93 bits per heavy atom. The summed E-state index contributed by atoms with van der Waals surface area (Å²) < 4.78 is 44.3. The van der Waals surface area contributed by atoms with Crippen LogP contribution in [0.5, 0.6) is 0 Å². The molecule has 0 saturated heterocycles. The van der Waals surface area contributed by atoms with E-state index in [1.54, 1.807) is 0 Å². The molecule has 3 aliphatic heterocycles. The summed E-state index contributed by atoms with van der Waals surface area (Å²) in [5.74, 6) is 0. The third kappa shape index (κ3) is 4.43. The molecule has 0 aliphatic carbocycles. The van der Waals surface area contributed by atoms with Gasteiger partial charge in [-0.15, -0.1) is 0 Å². The van der Waals surface area contributed by atoms with Crippen molar-refractivity contribution in [3.8, 4) is 0 Å². The fraction of sp³-hybridized carbons (Fsp3) is 0.0800. The minimum atomic E-state index is -0.463. The van der Waals surface area contributed by atoms with Crippen LogP contribution in [0.2, 0.25) is 0 Å². The summed E-state index contributed by atoms with van der Waals surface area (Å²) in [6.07, 6.45) is 0. The second kappa shape index (κ2) is 11.5. The fourth-order valence-electron chi connectivity index (χ4n) is 9.05. The number of nitrogens with zero attached hydrogens (tertiary/aromatic N) is 3. The predicted molar refractivity (Wildman–Crippen MR) is 230 cm³/mol. The molecule has 11 rings (SSSR count). The summed E-state index contributed by atoms with van der Waals surface area (Å²) >= 11 is 0. The Morgan fingerprint density at radius 2 is 1.15 bits per heavy atom. The van der Waals surface area contributed by atoms with Gasteiger partial charge in [0.25, 0.3) is 6.71 Å². The summed E-state index contributed by atoms with van der Waals surface area (Å²) in [5.41, 5.74) is 14.3. The third-order valence-corrected chi connectivity index (χ3v) is 11.8. The molecule has 6 bridgehead atoms. The number of aryl methyl sites for hydroxylation is 1. The predicted octanol–water partition coefficient (Wildman–Crippen LogP) is 11.3. The zero-order chi connectivity index (χ0) is 40.5. The van der Waals surface area contributed by atoms with Crippen LogP contribution in [-0.2, 0) is 5.41 Å². The van der Waals surface area contributed by atoms with Crippen LogP contribution in [0.25, 0.3) is 10.8 Å². The average Bonchev–Trinajstić information content (AvgIpc) is 3.26. The van der Waals surface area contributed by atoms with Crippen LogP contribution < -0.4 is 31.1 Å². The Morgan fingerprint density at radius 1 is 0.500 bits per heavy atom. The van der Waals surface area contributed by atoms with Crippen molar-refractivity contribution in [1.29, 1.82) is 0 Å². The van der Waals surface area contributed by atoms with Crippen molar-refractivity contribution in [3.05, 3.63) is 192 Å². The first-order valence-electron chi connectivity index (χ1n) is 21.1. The van der Waals surface area contributed by atoms with Crippen LogP contribution in [-0.4, -0.2) is 6.71 Å². The van der Waals surface area contributed by atoms with Crippen molar-refractivity contribution in [3.63, 3.8) is 0 Å². The van der Waals surface area contributed by atoms with Gasteiger partial charge in [-0.3, -0.25) is 0 Å². The first kappa shape index (κ1) is 26.3. The average molecular weight is 697 g/mol. The molecule has 0 unspecified atom stereocenters. The molecule has 0 N–H and O–H groups in total. The van der Waals surface area contributed by atoms with Gasteiger partial charge >= 0.3 is 0 Å². The van der Waals surface area contributed by atoms with Gasteiger partial charge in [0, 0.05) is 56.3 Å². The van der Waals surface area contributed by atoms with E-state index in [9.17, 15) is 2.74 Å². The molecule has 4 heteroatoms. The van der Waals surface area contributed by atoms with Gasteiger partial charge in [-0.1, -0.05) is 122 Å². The van der Waals surface area contributed by atoms with Crippen LogP contribution in [0.1, 0.15) is 37.4 Å². The van der Waals surface area contributed by atoms with Crippen LogP contribution >= 0.6 is 0 Å². The molecular weight excluding hydrogens is 653 g/mol. The number of anilines is 9. The lowest BCUT2D eigenvalue weighted by molar-refractivity contribution is 0.641. The van der Waals surface area contributed by atoms with Crippen LogP contribution in [0.3, 0.4) is 0 Å². The molecule has 0 atom stereocenters. The number of hydrogen-bond acceptors (Lipinski definition) is 3. The van der Waals surface area contributed by atoms with E-state index in [2.05, 4.69) is 164 Å². The van der Waals surface area contributed by atoms with Gasteiger partial charge in [0.1, 0.15) is 0 Å². The van der Waals surface area contributed by atoms with E-state index in [0.717, 1.165) is 56.1 Å². The molecule has 0 aromatic heterocycles. The normalized spacial score (nSPS) is 15.9. The molecule has 0 spiro atoms. The first-order valence-corrected chi connectivity index (χ1v) is 18.6. The fourth-order valence-corrected chi connectivity index (χ4v) is 9.05. The van der Waals surface area contributed by atoms with E-state index < -0.39 is 11.5 Å². The first-order chi connectivity index (χ1) is 28.5. The molecule has 0 amide bonds. The second-order valence-corrected chi connectivity index (χ2v) is 15.2. The van der Waals surface area contributed by atoms with Gasteiger partial charge in [0.15, 0.2) is 0 Å². The monoisotopic (exact) mass is 696 g/mol. The maximum Gasteiger partial charge on any atom is 0.252 e. The molecule has 3 nitrogen and oxygen atoms in total. The largest absolute Gasteiger partial charge is 0.311 e. The van der Waals surface area contributed by atoms with E-state index in [1.165, 1.54) is 21.9 Å². The highest BCUT2D eigenvalue weighted by atomic mass is 15.2. The highest BCUT2D eigenvalue weighted by Gasteiger charge is 2.44. The SMILES string of the molecule is [2H]c1c([2H])c([2H])c(N2c3cccc(c3)C(C)(C)c3cccc(c3)N3c4cc2ccc4B2c4ccccc4N(c4ccc(C)cc4)c4c2c3cc2ccccc42)c([2H])c1[2H]. The molecule has 0 fully saturated rings. The number of fused-ring (bicyclic) bond motifs is 12. The minimum Gasteiger partial charge on any atom is -0.311 e. The summed E-state index contributed by atoms with van der Waals surface area (Å²) in [6, 6.07) is 50.2. The van der Waals surface area contributed by atoms with Gasteiger partial charge < -0.3 is 14.7 Å². The highest BCUT2D eigenvalue weighted by Crippen LogP contribution is 2.49. The van der Waals surface area contributed by atoms with Crippen molar-refractivity contribution >= 4 is 85.1 Å². The van der Waals surface area contributed by atoms with Crippen LogP contribution in [0, 0.1) is 6.92 Å². The molecule has 256 valence electrons. The summed E-state index contributed by atoms with van der Waals surface area (Å²) in [4.78, 5) is 6.68. The van der Waals surface area contributed by atoms with E-state index >= 15 is 0 Å². The Kier molecular flexibility index (Phi) is 5.59. The molecule has 0 radical (unpaired) electrons. The van der Waals surface area contributed by atoms with Crippen molar-refractivity contribution in [2.75, 3.05) is 14.7 Å². The number of benzene rings is 8. The minimum absolute atomic E-state index is 0.106. The van der Waals surface area contributed by atoms with Crippen LogP contribution in [0.4, 0.5) is 51.2 Å². The van der Waals surface area contributed by atoms with E-state index in [1.807, 2.05) is 17.0 Å². The maximum atomic E-state index is 9.21. The highest BCUT2D eigenvalue weighted by molar-refractivity contribution is 7.00. The molecule has 54 heavy (non-hydrogen) atoms. The second-order valence-electron chi connectivity index (χ2n) is 15.2. The zero-order valence-electron chi connectivity index (χ0n) is 35.3. The van der Waals surface area contributed by atoms with Crippen molar-refractivity contribution < 1.29 is 6.85 Å². The quantitative estimate of drug-likeness (QED) is 0.167.